The third-order valence-corrected chi connectivity index (χ3v) is 4.32. The highest BCUT2D eigenvalue weighted by Gasteiger charge is 2.28. The first-order valence-corrected chi connectivity index (χ1v) is 7.57. The second kappa shape index (κ2) is 5.83. The predicted octanol–water partition coefficient (Wildman–Crippen LogP) is 3.13. The van der Waals surface area contributed by atoms with Crippen LogP contribution in [0.2, 0.25) is 0 Å². The van der Waals surface area contributed by atoms with E-state index in [0.717, 1.165) is 17.0 Å². The number of amides is 1. The number of nitrogens with zero attached hydrogens (tertiary/aromatic N) is 2. The Labute approximate surface area is 130 Å². The molecule has 1 heterocycles. The van der Waals surface area contributed by atoms with Crippen LogP contribution in [0.1, 0.15) is 53.5 Å². The Morgan fingerprint density at radius 1 is 1.41 bits per heavy atom. The van der Waals surface area contributed by atoms with E-state index >= 15 is 0 Å². The van der Waals surface area contributed by atoms with E-state index in [0.29, 0.717) is 11.6 Å². The van der Waals surface area contributed by atoms with Crippen molar-refractivity contribution >= 4 is 5.91 Å². The van der Waals surface area contributed by atoms with Gasteiger partial charge in [0.25, 0.3) is 5.91 Å². The van der Waals surface area contributed by atoms with E-state index in [1.807, 2.05) is 37.3 Å². The number of ether oxygens (including phenoxy) is 1. The number of benzene rings is 1. The predicted molar refractivity (Wildman–Crippen MR) is 84.1 cm³/mol. The topological polar surface area (TPSA) is 58.2 Å². The van der Waals surface area contributed by atoms with Gasteiger partial charge in [0, 0.05) is 24.2 Å². The third-order valence-electron chi connectivity index (χ3n) is 4.32. The first-order chi connectivity index (χ1) is 10.6. The SMILES string of the molecule is COc1ccccc1C(C)N(C)C(=O)c1cc(C2CC2)[nH]n1. The summed E-state index contributed by atoms with van der Waals surface area (Å²) >= 11 is 0. The van der Waals surface area contributed by atoms with Crippen LogP contribution in [0.4, 0.5) is 0 Å². The van der Waals surface area contributed by atoms with Crippen molar-refractivity contribution in [1.82, 2.24) is 15.1 Å². The van der Waals surface area contributed by atoms with Crippen LogP contribution in [0, 0.1) is 0 Å². The van der Waals surface area contributed by atoms with Gasteiger partial charge in [0.1, 0.15) is 11.4 Å². The minimum atomic E-state index is -0.0928. The maximum atomic E-state index is 12.6. The molecule has 1 aromatic heterocycles. The lowest BCUT2D eigenvalue weighted by atomic mass is 10.1. The number of para-hydroxylation sites is 1. The zero-order valence-electron chi connectivity index (χ0n) is 13.2. The molecular weight excluding hydrogens is 278 g/mol. The molecule has 1 aliphatic rings. The molecule has 5 heteroatoms. The Bertz CT molecular complexity index is 676. The molecule has 1 aliphatic carbocycles. The second-order valence-corrected chi connectivity index (χ2v) is 5.82. The molecule has 116 valence electrons. The van der Waals surface area contributed by atoms with Gasteiger partial charge in [-0.3, -0.25) is 9.89 Å². The first-order valence-electron chi connectivity index (χ1n) is 7.57. The van der Waals surface area contributed by atoms with Crippen molar-refractivity contribution in [2.75, 3.05) is 14.2 Å². The third kappa shape index (κ3) is 2.71. The fraction of sp³-hybridized carbons (Fsp3) is 0.412. The Morgan fingerprint density at radius 3 is 2.82 bits per heavy atom. The lowest BCUT2D eigenvalue weighted by Gasteiger charge is -2.25. The minimum Gasteiger partial charge on any atom is -0.496 e. The van der Waals surface area contributed by atoms with Crippen LogP contribution < -0.4 is 4.74 Å². The summed E-state index contributed by atoms with van der Waals surface area (Å²) in [5.74, 6) is 1.27. The van der Waals surface area contributed by atoms with Crippen LogP contribution >= 0.6 is 0 Å². The summed E-state index contributed by atoms with van der Waals surface area (Å²) in [6.07, 6.45) is 2.37. The van der Waals surface area contributed by atoms with Gasteiger partial charge in [-0.25, -0.2) is 0 Å². The van der Waals surface area contributed by atoms with Gasteiger partial charge in [0.05, 0.1) is 13.2 Å². The van der Waals surface area contributed by atoms with Crippen molar-refractivity contribution in [3.05, 3.63) is 47.3 Å². The quantitative estimate of drug-likeness (QED) is 0.922. The molecule has 3 rings (SSSR count). The molecule has 1 amide bonds. The summed E-state index contributed by atoms with van der Waals surface area (Å²) in [6, 6.07) is 9.55. The van der Waals surface area contributed by atoms with E-state index < -0.39 is 0 Å². The normalized spacial score (nSPS) is 15.4. The van der Waals surface area contributed by atoms with Gasteiger partial charge in [-0.1, -0.05) is 18.2 Å². The van der Waals surface area contributed by atoms with Gasteiger partial charge in [-0.05, 0) is 31.9 Å². The van der Waals surface area contributed by atoms with Crippen LogP contribution in [0.15, 0.2) is 30.3 Å². The lowest BCUT2D eigenvalue weighted by molar-refractivity contribution is 0.0735. The lowest BCUT2D eigenvalue weighted by Crippen LogP contribution is -2.30. The molecule has 0 aliphatic heterocycles. The molecule has 1 atom stereocenters. The average Bonchev–Trinajstić information content (AvgIpc) is 3.30. The molecule has 0 radical (unpaired) electrons. The van der Waals surface area contributed by atoms with Crippen LogP contribution in [0.25, 0.3) is 0 Å². The molecule has 1 saturated carbocycles. The summed E-state index contributed by atoms with van der Waals surface area (Å²) < 4.78 is 5.39. The molecule has 22 heavy (non-hydrogen) atoms. The highest BCUT2D eigenvalue weighted by Crippen LogP contribution is 2.39. The molecule has 0 saturated heterocycles. The Morgan fingerprint density at radius 2 is 2.14 bits per heavy atom. The highest BCUT2D eigenvalue weighted by atomic mass is 16.5. The number of aromatic amines is 1. The number of hydrogen-bond acceptors (Lipinski definition) is 3. The molecular formula is C17H21N3O2. The van der Waals surface area contributed by atoms with Crippen LogP contribution in [0.5, 0.6) is 5.75 Å². The highest BCUT2D eigenvalue weighted by molar-refractivity contribution is 5.92. The summed E-state index contributed by atoms with van der Waals surface area (Å²) in [5.41, 5.74) is 2.53. The number of carbonyl (C=O) groups excluding carboxylic acids is 1. The molecule has 0 bridgehead atoms. The smallest absolute Gasteiger partial charge is 0.274 e. The number of methoxy groups -OCH3 is 1. The van der Waals surface area contributed by atoms with E-state index in [4.69, 9.17) is 4.74 Å². The fourth-order valence-corrected chi connectivity index (χ4v) is 2.63. The van der Waals surface area contributed by atoms with E-state index in [1.54, 1.807) is 19.1 Å². The second-order valence-electron chi connectivity index (χ2n) is 5.82. The molecule has 5 nitrogen and oxygen atoms in total. The number of hydrogen-bond donors (Lipinski definition) is 1. The molecule has 1 aromatic carbocycles. The zero-order chi connectivity index (χ0) is 15.7. The van der Waals surface area contributed by atoms with Gasteiger partial charge < -0.3 is 9.64 Å². The zero-order valence-corrected chi connectivity index (χ0v) is 13.2. The molecule has 1 fully saturated rings. The summed E-state index contributed by atoms with van der Waals surface area (Å²) in [7, 11) is 3.44. The van der Waals surface area contributed by atoms with Crippen LogP contribution in [-0.2, 0) is 0 Å². The standard InChI is InChI=1S/C17H21N3O2/c1-11(13-6-4-5-7-16(13)22-3)20(2)17(21)15-10-14(18-19-15)12-8-9-12/h4-7,10-12H,8-9H2,1-3H3,(H,18,19). The average molecular weight is 299 g/mol. The van der Waals surface area contributed by atoms with Crippen molar-refractivity contribution < 1.29 is 9.53 Å². The van der Waals surface area contributed by atoms with Crippen molar-refractivity contribution in [2.24, 2.45) is 0 Å². The molecule has 1 N–H and O–H groups in total. The van der Waals surface area contributed by atoms with E-state index in [9.17, 15) is 4.79 Å². The van der Waals surface area contributed by atoms with Gasteiger partial charge in [-0.15, -0.1) is 0 Å². The van der Waals surface area contributed by atoms with Gasteiger partial charge in [0.2, 0.25) is 0 Å². The van der Waals surface area contributed by atoms with Gasteiger partial charge in [-0.2, -0.15) is 5.10 Å². The van der Waals surface area contributed by atoms with Crippen LogP contribution in [0.3, 0.4) is 0 Å². The summed E-state index contributed by atoms with van der Waals surface area (Å²) in [6.45, 7) is 1.99. The van der Waals surface area contributed by atoms with E-state index in [-0.39, 0.29) is 11.9 Å². The van der Waals surface area contributed by atoms with Gasteiger partial charge >= 0.3 is 0 Å². The summed E-state index contributed by atoms with van der Waals surface area (Å²) in [5, 5.41) is 7.15. The maximum absolute atomic E-state index is 12.6. The van der Waals surface area contributed by atoms with Crippen molar-refractivity contribution in [2.45, 2.75) is 31.7 Å². The molecule has 0 spiro atoms. The summed E-state index contributed by atoms with van der Waals surface area (Å²) in [4.78, 5) is 14.3. The van der Waals surface area contributed by atoms with Crippen molar-refractivity contribution in [3.8, 4) is 5.75 Å². The monoisotopic (exact) mass is 299 g/mol. The number of rotatable bonds is 5. The minimum absolute atomic E-state index is 0.0819. The maximum Gasteiger partial charge on any atom is 0.274 e. The first kappa shape index (κ1) is 14.6. The number of carbonyl (C=O) groups is 1. The number of nitrogens with one attached hydrogen (secondary N) is 1. The Kier molecular flexibility index (Phi) is 3.88. The van der Waals surface area contributed by atoms with Gasteiger partial charge in [0.15, 0.2) is 0 Å². The van der Waals surface area contributed by atoms with Crippen molar-refractivity contribution in [1.29, 1.82) is 0 Å². The largest absolute Gasteiger partial charge is 0.496 e. The van der Waals surface area contributed by atoms with E-state index in [1.165, 1.54) is 12.8 Å². The fourth-order valence-electron chi connectivity index (χ4n) is 2.63. The Balaban J connectivity index is 1.79. The van der Waals surface area contributed by atoms with E-state index in [2.05, 4.69) is 10.2 Å². The number of H-pyrrole nitrogens is 1. The molecule has 1 unspecified atom stereocenters. The Hall–Kier alpha value is -2.30. The number of aromatic nitrogens is 2. The van der Waals surface area contributed by atoms with Crippen LogP contribution in [-0.4, -0.2) is 35.2 Å². The van der Waals surface area contributed by atoms with Crippen molar-refractivity contribution in [3.63, 3.8) is 0 Å². The molecule has 2 aromatic rings.